The number of hydrogen-bond acceptors (Lipinski definition) is 1. The fourth-order valence-electron chi connectivity index (χ4n) is 3.72. The van der Waals surface area contributed by atoms with Crippen LogP contribution in [-0.4, -0.2) is 13.6 Å². The number of nitrogens with one attached hydrogen (secondary N) is 1. The molecule has 1 saturated carbocycles. The summed E-state index contributed by atoms with van der Waals surface area (Å²) in [4.78, 5) is 0. The summed E-state index contributed by atoms with van der Waals surface area (Å²) in [6.07, 6.45) is 7.11. The van der Waals surface area contributed by atoms with Crippen LogP contribution in [0.2, 0.25) is 0 Å². The van der Waals surface area contributed by atoms with Crippen molar-refractivity contribution < 1.29 is 0 Å². The van der Waals surface area contributed by atoms with E-state index in [-0.39, 0.29) is 0 Å². The fourth-order valence-corrected chi connectivity index (χ4v) is 3.72. The molecule has 1 unspecified atom stereocenters. The summed E-state index contributed by atoms with van der Waals surface area (Å²) in [6.45, 7) is 9.93. The van der Waals surface area contributed by atoms with Crippen LogP contribution in [0, 0.1) is 11.3 Å². The zero-order valence-electron chi connectivity index (χ0n) is 11.8. The predicted octanol–water partition coefficient (Wildman–Crippen LogP) is 4.15. The van der Waals surface area contributed by atoms with E-state index in [1.165, 1.54) is 38.6 Å². The van der Waals surface area contributed by atoms with Crippen molar-refractivity contribution in [1.82, 2.24) is 5.32 Å². The van der Waals surface area contributed by atoms with Gasteiger partial charge < -0.3 is 5.32 Å². The molecule has 1 spiro atoms. The van der Waals surface area contributed by atoms with Crippen LogP contribution in [0.1, 0.15) is 59.8 Å². The van der Waals surface area contributed by atoms with Crippen LogP contribution < -0.4 is 5.32 Å². The Kier molecular flexibility index (Phi) is 5.04. The minimum atomic E-state index is 0.604. The van der Waals surface area contributed by atoms with Gasteiger partial charge in [0, 0.05) is 0 Å². The maximum absolute atomic E-state index is 3.37. The van der Waals surface area contributed by atoms with Gasteiger partial charge in [-0.3, -0.25) is 0 Å². The summed E-state index contributed by atoms with van der Waals surface area (Å²) in [7, 11) is 2.09. The van der Waals surface area contributed by atoms with Crippen LogP contribution in [0.5, 0.6) is 0 Å². The lowest BCUT2D eigenvalue weighted by molar-refractivity contribution is 0.248. The lowest BCUT2D eigenvalue weighted by Gasteiger charge is -2.33. The van der Waals surface area contributed by atoms with Crippen LogP contribution in [0.4, 0.5) is 0 Å². The Bertz CT molecular complexity index is 254. The molecule has 1 heteroatoms. The molecule has 2 aliphatic rings. The van der Waals surface area contributed by atoms with E-state index in [9.17, 15) is 0 Å². The first-order valence-electron chi connectivity index (χ1n) is 7.02. The van der Waals surface area contributed by atoms with Crippen LogP contribution in [0.25, 0.3) is 0 Å². The monoisotopic (exact) mass is 223 g/mol. The molecule has 0 aromatic carbocycles. The third-order valence-corrected chi connectivity index (χ3v) is 4.74. The summed E-state index contributed by atoms with van der Waals surface area (Å²) in [5, 5.41) is 3.37. The van der Waals surface area contributed by atoms with Gasteiger partial charge in [-0.25, -0.2) is 0 Å². The molecule has 0 heterocycles. The van der Waals surface area contributed by atoms with E-state index in [0.29, 0.717) is 5.41 Å². The fraction of sp³-hybridized carbons (Fsp3) is 0.867. The SMILES string of the molecule is CC.CNC[C@@H]1CCCC12CCC(C)=C2C. The standard InChI is InChI=1S/C13H23N.C2H6/c1-10-6-8-13(11(10)2)7-4-5-12(13)9-14-3;1-2/h12,14H,4-9H2,1-3H3;1-2H3/t12-,13?;/m0./s1. The number of rotatable bonds is 2. The summed E-state index contributed by atoms with van der Waals surface area (Å²) in [5.41, 5.74) is 4.01. The van der Waals surface area contributed by atoms with E-state index in [2.05, 4.69) is 26.2 Å². The highest BCUT2D eigenvalue weighted by Crippen LogP contribution is 2.56. The molecule has 0 saturated heterocycles. The van der Waals surface area contributed by atoms with Crippen LogP contribution in [0.3, 0.4) is 0 Å². The summed E-state index contributed by atoms with van der Waals surface area (Å²) in [6, 6.07) is 0. The van der Waals surface area contributed by atoms with E-state index in [0.717, 1.165) is 5.92 Å². The van der Waals surface area contributed by atoms with E-state index < -0.39 is 0 Å². The predicted molar refractivity (Wildman–Crippen MR) is 72.7 cm³/mol. The molecule has 1 N–H and O–H groups in total. The number of allylic oxidation sites excluding steroid dienone is 2. The first-order valence-corrected chi connectivity index (χ1v) is 7.02. The van der Waals surface area contributed by atoms with Crippen molar-refractivity contribution in [1.29, 1.82) is 0 Å². The second-order valence-electron chi connectivity index (χ2n) is 5.21. The average Bonchev–Trinajstić information content (AvgIpc) is 2.84. The van der Waals surface area contributed by atoms with Crippen molar-refractivity contribution >= 4 is 0 Å². The molecular formula is C15H29N. The summed E-state index contributed by atoms with van der Waals surface area (Å²) >= 11 is 0. The summed E-state index contributed by atoms with van der Waals surface area (Å²) in [5.74, 6) is 0.907. The van der Waals surface area contributed by atoms with Crippen molar-refractivity contribution in [2.75, 3.05) is 13.6 Å². The quantitative estimate of drug-likeness (QED) is 0.694. The molecule has 0 aromatic rings. The minimum absolute atomic E-state index is 0.604. The lowest BCUT2D eigenvalue weighted by Crippen LogP contribution is -2.31. The van der Waals surface area contributed by atoms with Gasteiger partial charge in [0.05, 0.1) is 0 Å². The van der Waals surface area contributed by atoms with E-state index in [1.54, 1.807) is 11.1 Å². The summed E-state index contributed by atoms with van der Waals surface area (Å²) < 4.78 is 0. The third-order valence-electron chi connectivity index (χ3n) is 4.74. The molecular weight excluding hydrogens is 194 g/mol. The molecule has 2 rings (SSSR count). The van der Waals surface area contributed by atoms with Gasteiger partial charge in [0.1, 0.15) is 0 Å². The molecule has 0 bridgehead atoms. The topological polar surface area (TPSA) is 12.0 Å². The zero-order valence-corrected chi connectivity index (χ0v) is 11.8. The maximum atomic E-state index is 3.37. The molecule has 16 heavy (non-hydrogen) atoms. The van der Waals surface area contributed by atoms with Gasteiger partial charge in [-0.15, -0.1) is 0 Å². The zero-order chi connectivity index (χ0) is 12.2. The van der Waals surface area contributed by atoms with Gasteiger partial charge in [0.2, 0.25) is 0 Å². The number of hydrogen-bond donors (Lipinski definition) is 1. The Morgan fingerprint density at radius 1 is 1.25 bits per heavy atom. The van der Waals surface area contributed by atoms with Gasteiger partial charge in [-0.2, -0.15) is 0 Å². The Morgan fingerprint density at radius 2 is 1.94 bits per heavy atom. The smallest absolute Gasteiger partial charge is 0.00151 e. The van der Waals surface area contributed by atoms with Crippen LogP contribution >= 0.6 is 0 Å². The molecule has 0 amide bonds. The first-order chi connectivity index (χ1) is 7.70. The molecule has 0 aliphatic heterocycles. The molecule has 0 aromatic heterocycles. The maximum Gasteiger partial charge on any atom is -0.00151 e. The van der Waals surface area contributed by atoms with Crippen molar-refractivity contribution in [2.24, 2.45) is 11.3 Å². The lowest BCUT2D eigenvalue weighted by atomic mass is 9.73. The molecule has 0 radical (unpaired) electrons. The van der Waals surface area contributed by atoms with Gasteiger partial charge >= 0.3 is 0 Å². The Labute approximate surface area is 102 Å². The van der Waals surface area contributed by atoms with Crippen molar-refractivity contribution in [3.63, 3.8) is 0 Å². The minimum Gasteiger partial charge on any atom is -0.319 e. The second-order valence-corrected chi connectivity index (χ2v) is 5.21. The Balaban J connectivity index is 0.000000606. The van der Waals surface area contributed by atoms with Crippen LogP contribution in [0.15, 0.2) is 11.1 Å². The molecule has 1 fully saturated rings. The highest BCUT2D eigenvalue weighted by molar-refractivity contribution is 5.28. The molecule has 2 aliphatic carbocycles. The van der Waals surface area contributed by atoms with Gasteiger partial charge in [0.15, 0.2) is 0 Å². The average molecular weight is 223 g/mol. The van der Waals surface area contributed by atoms with Crippen LogP contribution in [-0.2, 0) is 0 Å². The van der Waals surface area contributed by atoms with Gasteiger partial charge in [0.25, 0.3) is 0 Å². The highest BCUT2D eigenvalue weighted by Gasteiger charge is 2.46. The van der Waals surface area contributed by atoms with E-state index in [4.69, 9.17) is 0 Å². The molecule has 2 atom stereocenters. The molecule has 1 nitrogen and oxygen atoms in total. The Morgan fingerprint density at radius 3 is 2.44 bits per heavy atom. The van der Waals surface area contributed by atoms with Gasteiger partial charge in [-0.1, -0.05) is 31.4 Å². The highest BCUT2D eigenvalue weighted by atomic mass is 14.8. The van der Waals surface area contributed by atoms with E-state index >= 15 is 0 Å². The van der Waals surface area contributed by atoms with Crippen molar-refractivity contribution in [3.8, 4) is 0 Å². The van der Waals surface area contributed by atoms with E-state index in [1.807, 2.05) is 13.8 Å². The normalized spacial score (nSPS) is 33.2. The molecule has 94 valence electrons. The largest absolute Gasteiger partial charge is 0.319 e. The third kappa shape index (κ3) is 2.20. The first kappa shape index (κ1) is 13.8. The Hall–Kier alpha value is -0.300. The second kappa shape index (κ2) is 5.86. The van der Waals surface area contributed by atoms with Gasteiger partial charge in [-0.05, 0) is 64.5 Å². The van der Waals surface area contributed by atoms with Crippen molar-refractivity contribution in [3.05, 3.63) is 11.1 Å². The van der Waals surface area contributed by atoms with Crippen molar-refractivity contribution in [2.45, 2.75) is 59.8 Å².